The smallest absolute Gasteiger partial charge is 0.217 e. The number of benzene rings is 1. The molecule has 1 amide bonds. The lowest BCUT2D eigenvalue weighted by atomic mass is 10.2. The second-order valence-corrected chi connectivity index (χ2v) is 6.93. The summed E-state index contributed by atoms with van der Waals surface area (Å²) in [4.78, 5) is 23.3. The van der Waals surface area contributed by atoms with Crippen LogP contribution < -0.4 is 5.32 Å². The summed E-state index contributed by atoms with van der Waals surface area (Å²) in [6.45, 7) is 4.24. The van der Waals surface area contributed by atoms with Crippen LogP contribution in [-0.2, 0) is 17.9 Å². The summed E-state index contributed by atoms with van der Waals surface area (Å²) in [7, 11) is 0. The molecule has 8 heteroatoms. The third kappa shape index (κ3) is 5.07. The molecular weight excluding hydrogens is 364 g/mol. The number of ketones is 1. The van der Waals surface area contributed by atoms with Gasteiger partial charge in [0.25, 0.3) is 0 Å². The fourth-order valence-electron chi connectivity index (χ4n) is 2.45. The fraction of sp³-hybridized carbons (Fsp3) is 0.263. The van der Waals surface area contributed by atoms with Crippen molar-refractivity contribution in [3.8, 4) is 0 Å². The number of nitrogens with zero attached hydrogens (tertiary/aromatic N) is 3. The molecule has 2 aromatic heterocycles. The SMILES string of the molecule is CC(=O)NCc1ccc(C(=O)CSc2nnc(C)n2Cc2ccccc2)o1. The Morgan fingerprint density at radius 1 is 1.15 bits per heavy atom. The molecule has 0 atom stereocenters. The molecule has 2 heterocycles. The molecular formula is C19H20N4O3S. The Labute approximate surface area is 161 Å². The van der Waals surface area contributed by atoms with Gasteiger partial charge in [0.2, 0.25) is 11.7 Å². The van der Waals surface area contributed by atoms with Gasteiger partial charge in [-0.25, -0.2) is 0 Å². The van der Waals surface area contributed by atoms with Gasteiger partial charge in [-0.3, -0.25) is 9.59 Å². The minimum atomic E-state index is -0.150. The summed E-state index contributed by atoms with van der Waals surface area (Å²) in [5, 5.41) is 11.6. The van der Waals surface area contributed by atoms with Crippen LogP contribution in [0.3, 0.4) is 0 Å². The van der Waals surface area contributed by atoms with E-state index in [1.807, 2.05) is 41.8 Å². The number of amides is 1. The lowest BCUT2D eigenvalue weighted by Gasteiger charge is -2.08. The normalized spacial score (nSPS) is 10.7. The second-order valence-electron chi connectivity index (χ2n) is 5.99. The lowest BCUT2D eigenvalue weighted by molar-refractivity contribution is -0.119. The average Bonchev–Trinajstić information content (AvgIpc) is 3.27. The highest BCUT2D eigenvalue weighted by atomic mass is 32.2. The van der Waals surface area contributed by atoms with Crippen LogP contribution in [-0.4, -0.2) is 32.2 Å². The summed E-state index contributed by atoms with van der Waals surface area (Å²) in [5.74, 6) is 1.52. The third-order valence-corrected chi connectivity index (χ3v) is 4.83. The first-order chi connectivity index (χ1) is 13.0. The van der Waals surface area contributed by atoms with E-state index in [1.54, 1.807) is 12.1 Å². The predicted octanol–water partition coefficient (Wildman–Crippen LogP) is 2.84. The zero-order valence-electron chi connectivity index (χ0n) is 15.1. The molecule has 0 spiro atoms. The molecule has 140 valence electrons. The van der Waals surface area contributed by atoms with Crippen molar-refractivity contribution in [3.05, 3.63) is 65.4 Å². The van der Waals surface area contributed by atoms with E-state index in [4.69, 9.17) is 4.42 Å². The van der Waals surface area contributed by atoms with E-state index in [-0.39, 0.29) is 29.7 Å². The van der Waals surface area contributed by atoms with Crippen molar-refractivity contribution in [2.75, 3.05) is 5.75 Å². The largest absolute Gasteiger partial charge is 0.456 e. The van der Waals surface area contributed by atoms with E-state index in [0.717, 1.165) is 11.4 Å². The van der Waals surface area contributed by atoms with Crippen molar-refractivity contribution in [3.63, 3.8) is 0 Å². The van der Waals surface area contributed by atoms with Crippen LogP contribution in [0, 0.1) is 6.92 Å². The van der Waals surface area contributed by atoms with E-state index in [0.29, 0.717) is 17.5 Å². The van der Waals surface area contributed by atoms with Gasteiger partial charge in [0.05, 0.1) is 18.8 Å². The summed E-state index contributed by atoms with van der Waals surface area (Å²) in [6, 6.07) is 13.3. The number of nitrogens with one attached hydrogen (secondary N) is 1. The minimum absolute atomic E-state index is 0.138. The molecule has 1 N–H and O–H groups in total. The maximum Gasteiger partial charge on any atom is 0.217 e. The standard InChI is InChI=1S/C19H20N4O3S/c1-13-21-22-19(23(13)11-15-6-4-3-5-7-15)27-12-17(25)18-9-8-16(26-18)10-20-14(2)24/h3-9H,10-12H2,1-2H3,(H,20,24). The monoisotopic (exact) mass is 384 g/mol. The molecule has 0 aliphatic rings. The van der Waals surface area contributed by atoms with Gasteiger partial charge >= 0.3 is 0 Å². The van der Waals surface area contributed by atoms with Gasteiger partial charge < -0.3 is 14.3 Å². The summed E-state index contributed by atoms with van der Waals surface area (Å²) >= 11 is 1.33. The molecule has 0 aliphatic carbocycles. The summed E-state index contributed by atoms with van der Waals surface area (Å²) < 4.78 is 7.48. The van der Waals surface area contributed by atoms with E-state index in [1.165, 1.54) is 18.7 Å². The van der Waals surface area contributed by atoms with Crippen LogP contribution in [0.15, 0.2) is 52.0 Å². The van der Waals surface area contributed by atoms with Crippen molar-refractivity contribution >= 4 is 23.5 Å². The molecule has 0 bridgehead atoms. The van der Waals surface area contributed by atoms with Crippen molar-refractivity contribution in [1.82, 2.24) is 20.1 Å². The van der Waals surface area contributed by atoms with Gasteiger partial charge in [0.1, 0.15) is 11.6 Å². The molecule has 3 rings (SSSR count). The lowest BCUT2D eigenvalue weighted by Crippen LogP contribution is -2.18. The molecule has 0 fully saturated rings. The number of hydrogen-bond acceptors (Lipinski definition) is 6. The van der Waals surface area contributed by atoms with Crippen molar-refractivity contribution in [2.45, 2.75) is 32.1 Å². The Morgan fingerprint density at radius 2 is 1.93 bits per heavy atom. The molecule has 0 aliphatic heterocycles. The summed E-state index contributed by atoms with van der Waals surface area (Å²) in [5.41, 5.74) is 1.14. The number of aryl methyl sites for hydroxylation is 1. The van der Waals surface area contributed by atoms with Gasteiger partial charge in [-0.2, -0.15) is 0 Å². The number of carbonyl (C=O) groups excluding carboxylic acids is 2. The first-order valence-electron chi connectivity index (χ1n) is 8.46. The first-order valence-corrected chi connectivity index (χ1v) is 9.44. The molecule has 0 radical (unpaired) electrons. The zero-order chi connectivity index (χ0) is 19.2. The average molecular weight is 384 g/mol. The number of carbonyl (C=O) groups is 2. The predicted molar refractivity (Wildman–Crippen MR) is 102 cm³/mol. The number of furan rings is 1. The topological polar surface area (TPSA) is 90.0 Å². The molecule has 27 heavy (non-hydrogen) atoms. The number of hydrogen-bond donors (Lipinski definition) is 1. The van der Waals surface area contributed by atoms with Crippen LogP contribution in [0.4, 0.5) is 0 Å². The Hall–Kier alpha value is -2.87. The molecule has 7 nitrogen and oxygen atoms in total. The Kier molecular flexibility index (Phi) is 6.08. The van der Waals surface area contributed by atoms with Crippen molar-refractivity contribution in [1.29, 1.82) is 0 Å². The van der Waals surface area contributed by atoms with E-state index < -0.39 is 0 Å². The van der Waals surface area contributed by atoms with Crippen LogP contribution >= 0.6 is 11.8 Å². The number of Topliss-reactive ketones (excluding diaryl/α,β-unsaturated/α-hetero) is 1. The highest BCUT2D eigenvalue weighted by Gasteiger charge is 2.16. The van der Waals surface area contributed by atoms with Gasteiger partial charge in [0.15, 0.2) is 10.9 Å². The number of rotatable bonds is 8. The maximum atomic E-state index is 12.4. The van der Waals surface area contributed by atoms with Crippen LogP contribution in [0.25, 0.3) is 0 Å². The molecule has 0 unspecified atom stereocenters. The molecule has 0 saturated carbocycles. The minimum Gasteiger partial charge on any atom is -0.456 e. The van der Waals surface area contributed by atoms with Crippen LogP contribution in [0.1, 0.15) is 34.6 Å². The van der Waals surface area contributed by atoms with E-state index >= 15 is 0 Å². The summed E-state index contributed by atoms with van der Waals surface area (Å²) in [6.07, 6.45) is 0. The second kappa shape index (κ2) is 8.68. The first kappa shape index (κ1) is 18.9. The zero-order valence-corrected chi connectivity index (χ0v) is 16.0. The van der Waals surface area contributed by atoms with E-state index in [9.17, 15) is 9.59 Å². The van der Waals surface area contributed by atoms with Crippen molar-refractivity contribution in [2.24, 2.45) is 0 Å². The van der Waals surface area contributed by atoms with Crippen molar-refractivity contribution < 1.29 is 14.0 Å². The number of aromatic nitrogens is 3. The van der Waals surface area contributed by atoms with Crippen LogP contribution in [0.2, 0.25) is 0 Å². The maximum absolute atomic E-state index is 12.4. The van der Waals surface area contributed by atoms with Gasteiger partial charge in [0, 0.05) is 6.92 Å². The Morgan fingerprint density at radius 3 is 2.67 bits per heavy atom. The highest BCUT2D eigenvalue weighted by molar-refractivity contribution is 7.99. The van der Waals surface area contributed by atoms with Gasteiger partial charge in [-0.1, -0.05) is 42.1 Å². The Bertz CT molecular complexity index is 934. The van der Waals surface area contributed by atoms with Gasteiger partial charge in [-0.15, -0.1) is 10.2 Å². The molecule has 0 saturated heterocycles. The molecule has 3 aromatic rings. The number of thioether (sulfide) groups is 1. The molecule has 1 aromatic carbocycles. The third-order valence-electron chi connectivity index (χ3n) is 3.87. The van der Waals surface area contributed by atoms with Gasteiger partial charge in [-0.05, 0) is 24.6 Å². The quantitative estimate of drug-likeness (QED) is 0.474. The highest BCUT2D eigenvalue weighted by Crippen LogP contribution is 2.20. The fourth-order valence-corrected chi connectivity index (χ4v) is 3.31. The van der Waals surface area contributed by atoms with E-state index in [2.05, 4.69) is 15.5 Å². The Balaban J connectivity index is 1.62. The van der Waals surface area contributed by atoms with Crippen LogP contribution in [0.5, 0.6) is 0 Å².